The zero-order chi connectivity index (χ0) is 13.0. The molecule has 94 valence electrons. The number of rotatable bonds is 4. The molecular formula is C14H15BrN2S. The first-order chi connectivity index (χ1) is 8.69. The van der Waals surface area contributed by atoms with Gasteiger partial charge < -0.3 is 5.73 Å². The Morgan fingerprint density at radius 1 is 1.22 bits per heavy atom. The maximum absolute atomic E-state index is 5.99. The van der Waals surface area contributed by atoms with E-state index >= 15 is 0 Å². The van der Waals surface area contributed by atoms with Crippen molar-refractivity contribution in [2.45, 2.75) is 29.3 Å². The molecule has 0 amide bonds. The van der Waals surface area contributed by atoms with Crippen LogP contribution in [0.15, 0.2) is 57.0 Å². The molecule has 0 saturated carbocycles. The molecule has 2 N–H and O–H groups in total. The lowest BCUT2D eigenvalue weighted by Crippen LogP contribution is -2.07. The van der Waals surface area contributed by atoms with E-state index in [0.717, 1.165) is 15.9 Å². The van der Waals surface area contributed by atoms with Crippen molar-refractivity contribution < 1.29 is 0 Å². The lowest BCUT2D eigenvalue weighted by Gasteiger charge is -2.09. The van der Waals surface area contributed by atoms with E-state index in [1.54, 1.807) is 11.8 Å². The highest BCUT2D eigenvalue weighted by Gasteiger charge is 2.04. The quantitative estimate of drug-likeness (QED) is 0.906. The molecule has 2 nitrogen and oxygen atoms in total. The van der Waals surface area contributed by atoms with Gasteiger partial charge >= 0.3 is 0 Å². The molecule has 0 spiro atoms. The summed E-state index contributed by atoms with van der Waals surface area (Å²) in [5, 5.41) is 0.991. The SMILES string of the molecule is CCC(N)c1ccc(Sc2ccc(Br)cn2)cc1. The predicted octanol–water partition coefficient (Wildman–Crippen LogP) is 4.41. The van der Waals surface area contributed by atoms with Gasteiger partial charge in [0.25, 0.3) is 0 Å². The highest BCUT2D eigenvalue weighted by atomic mass is 79.9. The first kappa shape index (κ1) is 13.6. The second-order valence-electron chi connectivity index (χ2n) is 4.00. The van der Waals surface area contributed by atoms with E-state index < -0.39 is 0 Å². The minimum absolute atomic E-state index is 0.134. The highest BCUT2D eigenvalue weighted by Crippen LogP contribution is 2.27. The van der Waals surface area contributed by atoms with Gasteiger partial charge in [0.1, 0.15) is 5.03 Å². The standard InChI is InChI=1S/C14H15BrN2S/c1-2-13(16)10-3-6-12(7-4-10)18-14-8-5-11(15)9-17-14/h3-9,13H,2,16H2,1H3. The second kappa shape index (κ2) is 6.36. The third kappa shape index (κ3) is 3.57. The minimum Gasteiger partial charge on any atom is -0.324 e. The summed E-state index contributed by atoms with van der Waals surface area (Å²) in [5.41, 5.74) is 7.17. The zero-order valence-electron chi connectivity index (χ0n) is 10.1. The Morgan fingerprint density at radius 2 is 1.94 bits per heavy atom. The molecule has 1 aromatic carbocycles. The van der Waals surface area contributed by atoms with E-state index in [-0.39, 0.29) is 6.04 Å². The number of aromatic nitrogens is 1. The average Bonchev–Trinajstić information content (AvgIpc) is 2.41. The van der Waals surface area contributed by atoms with E-state index in [2.05, 4.69) is 52.1 Å². The normalized spacial score (nSPS) is 12.4. The van der Waals surface area contributed by atoms with Crippen molar-refractivity contribution in [1.29, 1.82) is 0 Å². The number of pyridine rings is 1. The van der Waals surface area contributed by atoms with E-state index in [1.807, 2.05) is 18.3 Å². The average molecular weight is 323 g/mol. The molecular weight excluding hydrogens is 308 g/mol. The number of hydrogen-bond donors (Lipinski definition) is 1. The highest BCUT2D eigenvalue weighted by molar-refractivity contribution is 9.10. The zero-order valence-corrected chi connectivity index (χ0v) is 12.5. The van der Waals surface area contributed by atoms with E-state index in [1.165, 1.54) is 10.5 Å². The Bertz CT molecular complexity index is 496. The largest absolute Gasteiger partial charge is 0.324 e. The van der Waals surface area contributed by atoms with E-state index in [0.29, 0.717) is 0 Å². The van der Waals surface area contributed by atoms with Crippen LogP contribution in [-0.4, -0.2) is 4.98 Å². The summed E-state index contributed by atoms with van der Waals surface area (Å²) in [6.07, 6.45) is 2.77. The molecule has 0 bridgehead atoms. The lowest BCUT2D eigenvalue weighted by atomic mass is 10.1. The molecule has 0 aliphatic carbocycles. The summed E-state index contributed by atoms with van der Waals surface area (Å²) >= 11 is 5.03. The Kier molecular flexibility index (Phi) is 4.80. The predicted molar refractivity (Wildman–Crippen MR) is 79.7 cm³/mol. The Morgan fingerprint density at radius 3 is 2.50 bits per heavy atom. The van der Waals surface area contributed by atoms with Gasteiger partial charge in [0.2, 0.25) is 0 Å². The summed E-state index contributed by atoms with van der Waals surface area (Å²) in [4.78, 5) is 5.52. The molecule has 0 aliphatic heterocycles. The van der Waals surface area contributed by atoms with Gasteiger partial charge in [0, 0.05) is 21.6 Å². The molecule has 0 aliphatic rings. The number of benzene rings is 1. The molecule has 1 atom stereocenters. The molecule has 0 fully saturated rings. The smallest absolute Gasteiger partial charge is 0.101 e. The van der Waals surface area contributed by atoms with Crippen LogP contribution in [0.1, 0.15) is 24.9 Å². The summed E-state index contributed by atoms with van der Waals surface area (Å²) < 4.78 is 0.996. The molecule has 0 radical (unpaired) electrons. The fourth-order valence-corrected chi connectivity index (χ4v) is 2.55. The van der Waals surface area contributed by atoms with Crippen molar-refractivity contribution in [2.24, 2.45) is 5.73 Å². The molecule has 2 rings (SSSR count). The second-order valence-corrected chi connectivity index (χ2v) is 6.01. The van der Waals surface area contributed by atoms with Crippen molar-refractivity contribution >= 4 is 27.7 Å². The molecule has 0 saturated heterocycles. The van der Waals surface area contributed by atoms with Gasteiger partial charge in [0.15, 0.2) is 0 Å². The maximum atomic E-state index is 5.99. The van der Waals surface area contributed by atoms with Crippen LogP contribution >= 0.6 is 27.7 Å². The Labute approximate surface area is 120 Å². The van der Waals surface area contributed by atoms with Gasteiger partial charge in [-0.05, 0) is 52.2 Å². The maximum Gasteiger partial charge on any atom is 0.101 e. The van der Waals surface area contributed by atoms with Gasteiger partial charge in [0.05, 0.1) is 0 Å². The van der Waals surface area contributed by atoms with Crippen LogP contribution < -0.4 is 5.73 Å². The van der Waals surface area contributed by atoms with Crippen LogP contribution in [-0.2, 0) is 0 Å². The number of nitrogens with zero attached hydrogens (tertiary/aromatic N) is 1. The first-order valence-corrected chi connectivity index (χ1v) is 7.45. The van der Waals surface area contributed by atoms with Crippen molar-refractivity contribution in [3.05, 3.63) is 52.6 Å². The van der Waals surface area contributed by atoms with Crippen LogP contribution in [0.25, 0.3) is 0 Å². The van der Waals surface area contributed by atoms with Gasteiger partial charge in [-0.3, -0.25) is 0 Å². The lowest BCUT2D eigenvalue weighted by molar-refractivity contribution is 0.698. The Balaban J connectivity index is 2.08. The topological polar surface area (TPSA) is 38.9 Å². The van der Waals surface area contributed by atoms with Gasteiger partial charge in [-0.1, -0.05) is 30.8 Å². The van der Waals surface area contributed by atoms with Crippen molar-refractivity contribution in [3.8, 4) is 0 Å². The monoisotopic (exact) mass is 322 g/mol. The number of nitrogens with two attached hydrogens (primary N) is 1. The fraction of sp³-hybridized carbons (Fsp3) is 0.214. The molecule has 18 heavy (non-hydrogen) atoms. The van der Waals surface area contributed by atoms with E-state index in [4.69, 9.17) is 5.73 Å². The third-order valence-corrected chi connectivity index (χ3v) is 4.10. The fourth-order valence-electron chi connectivity index (χ4n) is 1.56. The number of hydrogen-bond acceptors (Lipinski definition) is 3. The van der Waals surface area contributed by atoms with Gasteiger partial charge in [-0.2, -0.15) is 0 Å². The molecule has 4 heteroatoms. The molecule has 2 aromatic rings. The molecule has 1 heterocycles. The van der Waals surface area contributed by atoms with E-state index in [9.17, 15) is 0 Å². The molecule has 1 aromatic heterocycles. The third-order valence-electron chi connectivity index (χ3n) is 2.67. The first-order valence-electron chi connectivity index (χ1n) is 5.84. The van der Waals surface area contributed by atoms with Crippen LogP contribution in [0.3, 0.4) is 0 Å². The minimum atomic E-state index is 0.134. The van der Waals surface area contributed by atoms with Crippen LogP contribution in [0.4, 0.5) is 0 Å². The van der Waals surface area contributed by atoms with Crippen LogP contribution in [0.5, 0.6) is 0 Å². The summed E-state index contributed by atoms with van der Waals surface area (Å²) in [6.45, 7) is 2.10. The van der Waals surface area contributed by atoms with Crippen molar-refractivity contribution in [2.75, 3.05) is 0 Å². The summed E-state index contributed by atoms with van der Waals surface area (Å²) in [5.74, 6) is 0. The summed E-state index contributed by atoms with van der Waals surface area (Å²) in [7, 11) is 0. The van der Waals surface area contributed by atoms with Crippen LogP contribution in [0, 0.1) is 0 Å². The van der Waals surface area contributed by atoms with Gasteiger partial charge in [-0.25, -0.2) is 4.98 Å². The summed E-state index contributed by atoms with van der Waals surface area (Å²) in [6, 6.07) is 12.5. The Hall–Kier alpha value is -0.840. The van der Waals surface area contributed by atoms with Crippen molar-refractivity contribution in [1.82, 2.24) is 4.98 Å². The van der Waals surface area contributed by atoms with Gasteiger partial charge in [-0.15, -0.1) is 0 Å². The van der Waals surface area contributed by atoms with Crippen LogP contribution in [0.2, 0.25) is 0 Å². The molecule has 1 unspecified atom stereocenters. The number of halogens is 1. The van der Waals surface area contributed by atoms with Crippen molar-refractivity contribution in [3.63, 3.8) is 0 Å².